The molecular weight excluding hydrogens is 565 g/mol. The molecule has 39 heavy (non-hydrogen) atoms. The number of ether oxygens (including phenoxy) is 1. The second-order valence-corrected chi connectivity index (χ2v) is 10.3. The maximum absolute atomic E-state index is 13.5. The van der Waals surface area contributed by atoms with Gasteiger partial charge in [0.1, 0.15) is 23.0 Å². The van der Waals surface area contributed by atoms with Gasteiger partial charge in [-0.25, -0.2) is 4.79 Å². The molecule has 0 spiro atoms. The number of rotatable bonds is 11. The fourth-order valence-corrected chi connectivity index (χ4v) is 4.08. The molecule has 0 aliphatic rings. The van der Waals surface area contributed by atoms with Crippen molar-refractivity contribution in [1.29, 1.82) is 0 Å². The second-order valence-electron chi connectivity index (χ2n) is 8.41. The molecule has 0 saturated heterocycles. The van der Waals surface area contributed by atoms with Crippen LogP contribution in [0.1, 0.15) is 12.5 Å². The quantitative estimate of drug-likeness (QED) is 0.199. The minimum absolute atomic E-state index is 0.129. The van der Waals surface area contributed by atoms with Crippen LogP contribution in [0.4, 0.5) is 11.5 Å². The molecule has 0 saturated carbocycles. The Balaban J connectivity index is 1.93. The molecule has 3 aromatic rings. The molecule has 2 atom stereocenters. The second kappa shape index (κ2) is 14.0. The van der Waals surface area contributed by atoms with E-state index in [0.717, 1.165) is 10.1 Å². The van der Waals surface area contributed by atoms with Crippen molar-refractivity contribution >= 4 is 57.1 Å². The average Bonchev–Trinajstić information content (AvgIpc) is 2.90. The van der Waals surface area contributed by atoms with Crippen molar-refractivity contribution in [2.45, 2.75) is 20.0 Å². The zero-order chi connectivity index (χ0) is 28.5. The molecule has 13 heteroatoms. The first-order chi connectivity index (χ1) is 18.6. The Bertz CT molecular complexity index is 1470. The molecule has 1 aromatic heterocycles. The number of benzene rings is 2. The molecule has 1 unspecified atom stereocenters. The van der Waals surface area contributed by atoms with Gasteiger partial charge in [0, 0.05) is 36.4 Å². The number of hydrogen-bond acceptors (Lipinski definition) is 7. The zero-order valence-electron chi connectivity index (χ0n) is 21.4. The highest BCUT2D eigenvalue weighted by Gasteiger charge is 2.21. The van der Waals surface area contributed by atoms with E-state index in [2.05, 4.69) is 15.0 Å². The molecule has 206 valence electrons. The molecular formula is C26H27Cl2N5O5S. The predicted molar refractivity (Wildman–Crippen MR) is 156 cm³/mol. The van der Waals surface area contributed by atoms with Crippen molar-refractivity contribution in [2.75, 3.05) is 18.6 Å². The molecule has 1 amide bonds. The van der Waals surface area contributed by atoms with Crippen molar-refractivity contribution < 1.29 is 14.1 Å². The maximum atomic E-state index is 13.5. The van der Waals surface area contributed by atoms with Crippen LogP contribution in [0.25, 0.3) is 0 Å². The molecule has 0 aliphatic carbocycles. The van der Waals surface area contributed by atoms with Gasteiger partial charge in [0.15, 0.2) is 0 Å². The van der Waals surface area contributed by atoms with E-state index in [9.17, 15) is 18.9 Å². The monoisotopic (exact) mass is 591 g/mol. The summed E-state index contributed by atoms with van der Waals surface area (Å²) >= 11 is 10.2. The van der Waals surface area contributed by atoms with Crippen LogP contribution in [0.5, 0.6) is 5.75 Å². The minimum Gasteiger partial charge on any atom is -0.593 e. The number of allylic oxidation sites excluding steroid dienone is 1. The highest BCUT2D eigenvalue weighted by atomic mass is 35.5. The lowest BCUT2D eigenvalue weighted by atomic mass is 10.1. The normalized spacial score (nSPS) is 13.2. The number of aliphatic imine (C=N–C) groups is 1. The molecule has 0 aliphatic heterocycles. The molecule has 2 N–H and O–H groups in total. The van der Waals surface area contributed by atoms with Crippen molar-refractivity contribution in [2.24, 2.45) is 10.9 Å². The summed E-state index contributed by atoms with van der Waals surface area (Å²) in [6.45, 7) is 1.49. The van der Waals surface area contributed by atoms with Gasteiger partial charge >= 0.3 is 5.69 Å². The molecule has 1 heterocycles. The summed E-state index contributed by atoms with van der Waals surface area (Å²) in [5.41, 5.74) is 0.161. The Kier molecular flexibility index (Phi) is 10.8. The van der Waals surface area contributed by atoms with E-state index in [0.29, 0.717) is 16.5 Å². The van der Waals surface area contributed by atoms with Crippen LogP contribution in [-0.2, 0) is 29.2 Å². The van der Waals surface area contributed by atoms with E-state index < -0.39 is 34.4 Å². The van der Waals surface area contributed by atoms with E-state index in [1.54, 1.807) is 62.5 Å². The summed E-state index contributed by atoms with van der Waals surface area (Å²) in [6.07, 6.45) is 4.23. The lowest BCUT2D eigenvalue weighted by Gasteiger charge is -2.18. The number of aromatic nitrogens is 2. The first-order valence-corrected chi connectivity index (χ1v) is 13.9. The van der Waals surface area contributed by atoms with E-state index in [4.69, 9.17) is 27.9 Å². The average molecular weight is 593 g/mol. The van der Waals surface area contributed by atoms with Crippen LogP contribution in [0.2, 0.25) is 5.02 Å². The number of carbonyl (C=O) groups excluding carboxylic acids is 1. The summed E-state index contributed by atoms with van der Waals surface area (Å²) in [6, 6.07) is 15.1. The number of amides is 1. The third kappa shape index (κ3) is 8.75. The Hall–Kier alpha value is -3.51. The third-order valence-electron chi connectivity index (χ3n) is 5.43. The van der Waals surface area contributed by atoms with E-state index in [1.807, 2.05) is 0 Å². The van der Waals surface area contributed by atoms with Gasteiger partial charge in [0.25, 0.3) is 11.5 Å². The largest absolute Gasteiger partial charge is 0.593 e. The van der Waals surface area contributed by atoms with Gasteiger partial charge in [-0.15, -0.1) is 0 Å². The summed E-state index contributed by atoms with van der Waals surface area (Å²) < 4.78 is 21.5. The summed E-state index contributed by atoms with van der Waals surface area (Å²) in [5, 5.41) is 3.95. The van der Waals surface area contributed by atoms with Gasteiger partial charge in [0.05, 0.1) is 30.1 Å². The first-order valence-electron chi connectivity index (χ1n) is 11.6. The number of hydrogen-bond donors (Lipinski definition) is 2. The van der Waals surface area contributed by atoms with E-state index >= 15 is 0 Å². The lowest BCUT2D eigenvalue weighted by Crippen LogP contribution is -2.44. The van der Waals surface area contributed by atoms with Crippen LogP contribution < -0.4 is 26.0 Å². The highest BCUT2D eigenvalue weighted by Crippen LogP contribution is 2.20. The SMILES string of the molecule is C/N=C(Cl)\C=C\Oc1ccc(Nc2cc(=O)n(C[C@H](C)C(=O)N[S+](C)[O-])c(=O)n2Cc2ccc(Cl)cc2)cc1. The number of nitrogens with one attached hydrogen (secondary N) is 2. The third-order valence-corrected chi connectivity index (χ3v) is 6.47. The van der Waals surface area contributed by atoms with Crippen LogP contribution in [0.3, 0.4) is 0 Å². The first kappa shape index (κ1) is 30.0. The summed E-state index contributed by atoms with van der Waals surface area (Å²) in [5.74, 6) is -0.522. The number of halogens is 2. The number of nitrogens with zero attached hydrogens (tertiary/aromatic N) is 3. The fourth-order valence-electron chi connectivity index (χ4n) is 3.42. The van der Waals surface area contributed by atoms with Crippen molar-refractivity contribution in [3.05, 3.63) is 98.4 Å². The van der Waals surface area contributed by atoms with Crippen LogP contribution in [0, 0.1) is 5.92 Å². The van der Waals surface area contributed by atoms with Gasteiger partial charge in [-0.05, 0) is 42.0 Å². The molecule has 0 radical (unpaired) electrons. The topological polar surface area (TPSA) is 130 Å². The minimum atomic E-state index is -1.57. The predicted octanol–water partition coefficient (Wildman–Crippen LogP) is 3.66. The molecule has 10 nitrogen and oxygen atoms in total. The highest BCUT2D eigenvalue weighted by molar-refractivity contribution is 7.89. The van der Waals surface area contributed by atoms with Gasteiger partial charge in [-0.3, -0.25) is 23.7 Å². The van der Waals surface area contributed by atoms with Gasteiger partial charge in [-0.2, -0.15) is 4.72 Å². The Morgan fingerprint density at radius 3 is 2.44 bits per heavy atom. The fraction of sp³-hybridized carbons (Fsp3) is 0.231. The van der Waals surface area contributed by atoms with Crippen molar-refractivity contribution in [1.82, 2.24) is 13.9 Å². The maximum Gasteiger partial charge on any atom is 0.332 e. The lowest BCUT2D eigenvalue weighted by molar-refractivity contribution is -0.123. The van der Waals surface area contributed by atoms with E-state index in [-0.39, 0.29) is 24.1 Å². The Labute approximate surface area is 238 Å². The van der Waals surface area contributed by atoms with Crippen molar-refractivity contribution in [3.63, 3.8) is 0 Å². The summed E-state index contributed by atoms with van der Waals surface area (Å²) in [4.78, 5) is 42.6. The summed E-state index contributed by atoms with van der Waals surface area (Å²) in [7, 11) is 1.56. The standard InChI is InChI=1S/C26H27Cl2N5O5S/c1-17(25(35)31-39(3)37)15-33-24(34)14-23(32(26(33)36)16-18-4-6-19(27)7-5-18)30-20-8-10-21(11-9-20)38-13-12-22(28)29-2/h4-14,17,30H,15-16H2,1-3H3,(H,31,35)/b13-12+,29-22+/t17-,39?/m0/s1. The molecule has 3 rings (SSSR count). The van der Waals surface area contributed by atoms with Crippen LogP contribution >= 0.6 is 23.2 Å². The van der Waals surface area contributed by atoms with Gasteiger partial charge < -0.3 is 14.6 Å². The van der Waals surface area contributed by atoms with Crippen LogP contribution in [0.15, 0.2) is 81.5 Å². The Morgan fingerprint density at radius 1 is 1.15 bits per heavy atom. The molecule has 0 bridgehead atoms. The van der Waals surface area contributed by atoms with Crippen LogP contribution in [-0.4, -0.2) is 38.1 Å². The van der Waals surface area contributed by atoms with Crippen molar-refractivity contribution in [3.8, 4) is 5.75 Å². The van der Waals surface area contributed by atoms with Gasteiger partial charge in [-0.1, -0.05) is 42.3 Å². The Morgan fingerprint density at radius 2 is 1.82 bits per heavy atom. The number of carbonyl (C=O) groups is 1. The number of anilines is 2. The zero-order valence-corrected chi connectivity index (χ0v) is 23.7. The van der Waals surface area contributed by atoms with Gasteiger partial charge in [0.2, 0.25) is 0 Å². The molecule has 0 fully saturated rings. The molecule has 2 aromatic carbocycles. The smallest absolute Gasteiger partial charge is 0.332 e. The van der Waals surface area contributed by atoms with E-state index in [1.165, 1.54) is 29.2 Å².